The van der Waals surface area contributed by atoms with Crippen molar-refractivity contribution in [2.75, 3.05) is 13.7 Å². The number of hydrogen-bond donors (Lipinski definition) is 1. The lowest BCUT2D eigenvalue weighted by Crippen LogP contribution is -2.27. The van der Waals surface area contributed by atoms with Crippen LogP contribution in [-0.4, -0.2) is 13.7 Å². The van der Waals surface area contributed by atoms with Crippen LogP contribution >= 0.6 is 0 Å². The van der Waals surface area contributed by atoms with E-state index in [-0.39, 0.29) is 0 Å². The molecule has 0 fully saturated rings. The van der Waals surface area contributed by atoms with Crippen LogP contribution in [0.3, 0.4) is 0 Å². The average Bonchev–Trinajstić information content (AvgIpc) is 2.18. The molecule has 1 heterocycles. The van der Waals surface area contributed by atoms with Gasteiger partial charge in [0.15, 0.2) is 0 Å². The highest BCUT2D eigenvalue weighted by Gasteiger charge is 2.17. The number of methoxy groups -OCH3 is 1. The molecule has 0 radical (unpaired) electrons. The van der Waals surface area contributed by atoms with E-state index in [1.807, 2.05) is 6.07 Å². The average molecular weight is 177 g/mol. The molecule has 0 bridgehead atoms. The lowest BCUT2D eigenvalue weighted by Gasteiger charge is -2.25. The fraction of sp³-hybridized carbons (Fsp3) is 0.455. The first-order chi connectivity index (χ1) is 6.33. The summed E-state index contributed by atoms with van der Waals surface area (Å²) < 4.78 is 5.33. The molecule has 1 aliphatic rings. The zero-order valence-corrected chi connectivity index (χ0v) is 8.13. The Kier molecular flexibility index (Phi) is 2.23. The van der Waals surface area contributed by atoms with Crippen molar-refractivity contribution in [2.45, 2.75) is 19.4 Å². The highest BCUT2D eigenvalue weighted by Crippen LogP contribution is 2.29. The molecular formula is C11H15NO. The van der Waals surface area contributed by atoms with E-state index < -0.39 is 0 Å². The van der Waals surface area contributed by atoms with Gasteiger partial charge in [0, 0.05) is 11.6 Å². The van der Waals surface area contributed by atoms with Gasteiger partial charge in [0.25, 0.3) is 0 Å². The highest BCUT2D eigenvalue weighted by molar-refractivity contribution is 5.43. The van der Waals surface area contributed by atoms with Gasteiger partial charge in [0.05, 0.1) is 7.11 Å². The van der Waals surface area contributed by atoms with Crippen LogP contribution < -0.4 is 10.1 Å². The minimum absolute atomic E-state index is 0.457. The fourth-order valence-electron chi connectivity index (χ4n) is 1.97. The van der Waals surface area contributed by atoms with E-state index in [1.165, 1.54) is 11.1 Å². The summed E-state index contributed by atoms with van der Waals surface area (Å²) in [7, 11) is 1.74. The zero-order chi connectivity index (χ0) is 9.26. The minimum Gasteiger partial charge on any atom is -0.496 e. The summed E-state index contributed by atoms with van der Waals surface area (Å²) in [5.41, 5.74) is 2.75. The van der Waals surface area contributed by atoms with Crippen molar-refractivity contribution in [1.82, 2.24) is 5.32 Å². The minimum atomic E-state index is 0.457. The molecule has 1 aromatic carbocycles. The topological polar surface area (TPSA) is 21.3 Å². The van der Waals surface area contributed by atoms with Crippen LogP contribution in [0.15, 0.2) is 18.2 Å². The Morgan fingerprint density at radius 1 is 1.46 bits per heavy atom. The number of fused-ring (bicyclic) bond motifs is 1. The summed E-state index contributed by atoms with van der Waals surface area (Å²) in [5.74, 6) is 1.03. The summed E-state index contributed by atoms with van der Waals surface area (Å²) in [6.45, 7) is 3.24. The van der Waals surface area contributed by atoms with Gasteiger partial charge >= 0.3 is 0 Å². The van der Waals surface area contributed by atoms with Crippen LogP contribution in [0.2, 0.25) is 0 Å². The predicted molar refractivity (Wildman–Crippen MR) is 53.1 cm³/mol. The first-order valence-corrected chi connectivity index (χ1v) is 4.72. The molecule has 2 nitrogen and oxygen atoms in total. The number of benzene rings is 1. The third kappa shape index (κ3) is 1.42. The lowest BCUT2D eigenvalue weighted by atomic mass is 9.94. The summed E-state index contributed by atoms with van der Waals surface area (Å²) >= 11 is 0. The maximum atomic E-state index is 5.33. The quantitative estimate of drug-likeness (QED) is 0.707. The molecule has 1 N–H and O–H groups in total. The molecule has 0 saturated heterocycles. The fourth-order valence-corrected chi connectivity index (χ4v) is 1.97. The maximum absolute atomic E-state index is 5.33. The first kappa shape index (κ1) is 8.57. The van der Waals surface area contributed by atoms with E-state index in [4.69, 9.17) is 4.74 Å². The van der Waals surface area contributed by atoms with Crippen molar-refractivity contribution >= 4 is 0 Å². The van der Waals surface area contributed by atoms with Crippen molar-refractivity contribution in [3.63, 3.8) is 0 Å². The lowest BCUT2D eigenvalue weighted by molar-refractivity contribution is 0.402. The third-order valence-corrected chi connectivity index (χ3v) is 2.68. The second-order valence-corrected chi connectivity index (χ2v) is 3.45. The van der Waals surface area contributed by atoms with Gasteiger partial charge in [-0.15, -0.1) is 0 Å². The van der Waals surface area contributed by atoms with Crippen LogP contribution in [0, 0.1) is 0 Å². The monoisotopic (exact) mass is 177 g/mol. The first-order valence-electron chi connectivity index (χ1n) is 4.72. The summed E-state index contributed by atoms with van der Waals surface area (Å²) in [5, 5.41) is 3.43. The molecule has 2 heteroatoms. The molecule has 0 aliphatic carbocycles. The molecule has 70 valence electrons. The second kappa shape index (κ2) is 3.38. The Balaban J connectivity index is 2.48. The molecule has 2 rings (SSSR count). The molecule has 0 amide bonds. The Hall–Kier alpha value is -1.02. The smallest absolute Gasteiger partial charge is 0.122 e. The summed E-state index contributed by atoms with van der Waals surface area (Å²) in [4.78, 5) is 0. The van der Waals surface area contributed by atoms with E-state index >= 15 is 0 Å². The van der Waals surface area contributed by atoms with E-state index in [1.54, 1.807) is 7.11 Å². The SMILES string of the molecule is COc1cccc2c1CCN[C@H]2C. The molecule has 0 aromatic heterocycles. The van der Waals surface area contributed by atoms with Gasteiger partial charge in [-0.25, -0.2) is 0 Å². The second-order valence-electron chi connectivity index (χ2n) is 3.45. The Labute approximate surface area is 78.9 Å². The third-order valence-electron chi connectivity index (χ3n) is 2.68. The van der Waals surface area contributed by atoms with Crippen LogP contribution in [0.1, 0.15) is 24.1 Å². The molecule has 0 spiro atoms. The predicted octanol–water partition coefficient (Wildman–Crippen LogP) is 1.90. The van der Waals surface area contributed by atoms with E-state index in [2.05, 4.69) is 24.4 Å². The van der Waals surface area contributed by atoms with Crippen molar-refractivity contribution < 1.29 is 4.74 Å². The van der Waals surface area contributed by atoms with E-state index in [9.17, 15) is 0 Å². The van der Waals surface area contributed by atoms with Gasteiger partial charge < -0.3 is 10.1 Å². The number of rotatable bonds is 1. The molecule has 13 heavy (non-hydrogen) atoms. The number of hydrogen-bond acceptors (Lipinski definition) is 2. The van der Waals surface area contributed by atoms with E-state index in [0.717, 1.165) is 18.7 Å². The van der Waals surface area contributed by atoms with Crippen molar-refractivity contribution in [3.8, 4) is 5.75 Å². The molecule has 1 atom stereocenters. The maximum Gasteiger partial charge on any atom is 0.122 e. The van der Waals surface area contributed by atoms with Crippen LogP contribution in [-0.2, 0) is 6.42 Å². The Morgan fingerprint density at radius 2 is 2.31 bits per heavy atom. The van der Waals surface area contributed by atoms with Gasteiger partial charge in [0.2, 0.25) is 0 Å². The Morgan fingerprint density at radius 3 is 3.08 bits per heavy atom. The van der Waals surface area contributed by atoms with Crippen LogP contribution in [0.4, 0.5) is 0 Å². The van der Waals surface area contributed by atoms with Crippen LogP contribution in [0.25, 0.3) is 0 Å². The molecule has 1 aliphatic heterocycles. The van der Waals surface area contributed by atoms with Gasteiger partial charge in [-0.1, -0.05) is 12.1 Å². The highest BCUT2D eigenvalue weighted by atomic mass is 16.5. The van der Waals surface area contributed by atoms with E-state index in [0.29, 0.717) is 6.04 Å². The normalized spacial score (nSPS) is 20.9. The number of nitrogens with one attached hydrogen (secondary N) is 1. The standard InChI is InChI=1S/C11H15NO/c1-8-9-4-3-5-11(13-2)10(9)6-7-12-8/h3-5,8,12H,6-7H2,1-2H3/t8-/m0/s1. The molecular weight excluding hydrogens is 162 g/mol. The Bertz CT molecular complexity index is 309. The summed E-state index contributed by atoms with van der Waals surface area (Å²) in [6, 6.07) is 6.73. The van der Waals surface area contributed by atoms with Crippen molar-refractivity contribution in [1.29, 1.82) is 0 Å². The summed E-state index contributed by atoms with van der Waals surface area (Å²) in [6.07, 6.45) is 1.07. The zero-order valence-electron chi connectivity index (χ0n) is 8.13. The molecule has 0 saturated carbocycles. The van der Waals surface area contributed by atoms with Crippen LogP contribution in [0.5, 0.6) is 5.75 Å². The van der Waals surface area contributed by atoms with Crippen molar-refractivity contribution in [2.24, 2.45) is 0 Å². The van der Waals surface area contributed by atoms with Gasteiger partial charge in [-0.2, -0.15) is 0 Å². The number of ether oxygens (including phenoxy) is 1. The van der Waals surface area contributed by atoms with Crippen molar-refractivity contribution in [3.05, 3.63) is 29.3 Å². The van der Waals surface area contributed by atoms with Gasteiger partial charge in [-0.05, 0) is 31.5 Å². The molecule has 0 unspecified atom stereocenters. The van der Waals surface area contributed by atoms with Gasteiger partial charge in [-0.3, -0.25) is 0 Å². The largest absolute Gasteiger partial charge is 0.496 e. The molecule has 1 aromatic rings. The van der Waals surface area contributed by atoms with Gasteiger partial charge in [0.1, 0.15) is 5.75 Å².